The highest BCUT2D eigenvalue weighted by atomic mass is 16.8. The second-order valence-corrected chi connectivity index (χ2v) is 15.1. The van der Waals surface area contributed by atoms with Gasteiger partial charge in [0.05, 0.1) is 33.7 Å². The number of phenolic OH excluding ortho intramolecular Hbond substituents is 11. The van der Waals surface area contributed by atoms with E-state index in [4.69, 9.17) is 33.2 Å². The van der Waals surface area contributed by atoms with E-state index >= 15 is 0 Å². The van der Waals surface area contributed by atoms with E-state index in [0.29, 0.717) is 42.5 Å². The highest BCUT2D eigenvalue weighted by molar-refractivity contribution is 6.08. The molecule has 3 heterocycles. The minimum absolute atomic E-state index is 0.242. The molecule has 1 saturated heterocycles. The molecule has 0 radical (unpaired) electrons. The lowest BCUT2D eigenvalue weighted by Crippen LogP contribution is -2.70. The third kappa shape index (κ3) is 7.18. The molecule has 27 nitrogen and oxygen atoms in total. The van der Waals surface area contributed by atoms with Crippen molar-refractivity contribution in [1.82, 2.24) is 0 Å². The number of aromatic hydroxyl groups is 11. The van der Waals surface area contributed by atoms with Crippen LogP contribution in [0.3, 0.4) is 0 Å². The van der Waals surface area contributed by atoms with Crippen LogP contribution < -0.4 is 4.74 Å². The van der Waals surface area contributed by atoms with Crippen molar-refractivity contribution in [1.29, 1.82) is 0 Å². The summed E-state index contributed by atoms with van der Waals surface area (Å²) in [5.41, 5.74) is -5.55. The molecule has 68 heavy (non-hydrogen) atoms. The van der Waals surface area contributed by atoms with Crippen LogP contribution in [0.5, 0.6) is 69.0 Å². The first-order chi connectivity index (χ1) is 31.8. The number of hydrogen-bond acceptors (Lipinski definition) is 27. The molecule has 4 aromatic rings. The predicted molar refractivity (Wildman–Crippen MR) is 205 cm³/mol. The number of carbonyl (C=O) groups is 6. The maximum Gasteiger partial charge on any atom is 0.340 e. The molecule has 0 aromatic heterocycles. The second-order valence-electron chi connectivity index (χ2n) is 15.1. The van der Waals surface area contributed by atoms with E-state index in [1.807, 2.05) is 0 Å². The van der Waals surface area contributed by atoms with Crippen LogP contribution in [-0.2, 0) is 38.0 Å². The van der Waals surface area contributed by atoms with Gasteiger partial charge in [-0.3, -0.25) is 4.79 Å². The van der Waals surface area contributed by atoms with Crippen LogP contribution in [0.1, 0.15) is 52.9 Å². The lowest BCUT2D eigenvalue weighted by molar-refractivity contribution is -0.339. The zero-order chi connectivity index (χ0) is 49.6. The minimum atomic E-state index is -3.99. The number of esters is 5. The van der Waals surface area contributed by atoms with Gasteiger partial charge < -0.3 is 105 Å². The molecule has 7 unspecified atom stereocenters. The molecule has 0 saturated carbocycles. The molecule has 7 atom stereocenters. The third-order valence-electron chi connectivity index (χ3n) is 10.9. The van der Waals surface area contributed by atoms with E-state index in [2.05, 4.69) is 0 Å². The summed E-state index contributed by atoms with van der Waals surface area (Å²) in [7, 11) is 0. The van der Waals surface area contributed by atoms with E-state index < -0.39 is 193 Å². The average molecular weight is 955 g/mol. The SMILES string of the molecule is O=C1OC2C(OC(=O)c3cc(O)c(O)c(O)c3)OC(COC(=O)c3cc(O)c(O)c(O)c3)C(OC(=O)c3cc(O)c(O)c4c3C3C1=CC(=O)C(O)(O4)C3(O)O)C2OC(=O)c1cc(O)c(O)c(O)c1. The molecule has 0 spiro atoms. The van der Waals surface area contributed by atoms with Gasteiger partial charge in [0.25, 0.3) is 5.79 Å². The Morgan fingerprint density at radius 1 is 0.574 bits per heavy atom. The number of hydrogen-bond donors (Lipinski definition) is 14. The van der Waals surface area contributed by atoms with Gasteiger partial charge in [-0.25, -0.2) is 24.0 Å². The standard InChI is InChI=1S/C41H30O27/c42-15-1-10(2-16(43)26(15)50)34(54)62-9-22-30-32(65-35(55)11-3-17(44)27(51)18(45)4-11)33(39(63-22)67-36(56)12-5-19(46)28(52)20(47)6-12)66-38(58)14-8-23(49)41(61)40(59,60)25(14)24-13(37(57)64-30)7-21(48)29(53)31(24)68-41/h1-8,22,25,30,32-33,39,42-48,50-53,59-61H,9H2. The molecule has 4 aliphatic rings. The fourth-order valence-electron chi connectivity index (χ4n) is 7.59. The fraction of sp³-hybridized carbons (Fsp3) is 0.220. The highest BCUT2D eigenvalue weighted by Crippen LogP contribution is 2.58. The zero-order valence-corrected chi connectivity index (χ0v) is 33.4. The number of aliphatic hydroxyl groups is 3. The molecule has 1 fully saturated rings. The summed E-state index contributed by atoms with van der Waals surface area (Å²) in [4.78, 5) is 83.4. The molecule has 356 valence electrons. The van der Waals surface area contributed by atoms with Gasteiger partial charge in [0, 0.05) is 5.56 Å². The number of ether oxygens (including phenoxy) is 7. The van der Waals surface area contributed by atoms with Crippen molar-refractivity contribution in [2.75, 3.05) is 6.61 Å². The Labute approximate surface area is 374 Å². The van der Waals surface area contributed by atoms with Gasteiger partial charge in [-0.15, -0.1) is 0 Å². The number of carbonyl (C=O) groups excluding carboxylic acids is 6. The van der Waals surface area contributed by atoms with E-state index in [9.17, 15) is 100 Å². The second kappa shape index (κ2) is 15.9. The maximum absolute atomic E-state index is 14.5. The predicted octanol–water partition coefficient (Wildman–Crippen LogP) is -1.08. The van der Waals surface area contributed by atoms with Crippen molar-refractivity contribution >= 4 is 35.6 Å². The Morgan fingerprint density at radius 3 is 1.54 bits per heavy atom. The topological polar surface area (TPSA) is 450 Å². The van der Waals surface area contributed by atoms with Crippen molar-refractivity contribution in [3.8, 4) is 69.0 Å². The summed E-state index contributed by atoms with van der Waals surface area (Å²) in [6, 6.07) is 3.82. The van der Waals surface area contributed by atoms with Gasteiger partial charge in [-0.1, -0.05) is 0 Å². The Kier molecular flexibility index (Phi) is 10.7. The molecule has 14 N–H and O–H groups in total. The molecule has 27 heteroatoms. The quantitative estimate of drug-likeness (QED) is 0.0453. The lowest BCUT2D eigenvalue weighted by atomic mass is 9.70. The van der Waals surface area contributed by atoms with E-state index in [0.717, 1.165) is 0 Å². The van der Waals surface area contributed by atoms with Crippen molar-refractivity contribution in [2.45, 2.75) is 48.2 Å². The Hall–Kier alpha value is -8.92. The third-order valence-corrected chi connectivity index (χ3v) is 10.9. The largest absolute Gasteiger partial charge is 0.504 e. The van der Waals surface area contributed by atoms with Crippen molar-refractivity contribution < 1.29 is 133 Å². The molecular weight excluding hydrogens is 924 g/mol. The number of rotatable bonds is 7. The number of fused-ring (bicyclic) bond motifs is 3. The lowest BCUT2D eigenvalue weighted by Gasteiger charge is -2.49. The van der Waals surface area contributed by atoms with E-state index in [-0.39, 0.29) is 6.08 Å². The summed E-state index contributed by atoms with van der Waals surface area (Å²) in [5, 5.41) is 146. The molecule has 1 aliphatic carbocycles. The van der Waals surface area contributed by atoms with Gasteiger partial charge >= 0.3 is 35.6 Å². The minimum Gasteiger partial charge on any atom is -0.504 e. The van der Waals surface area contributed by atoms with Crippen molar-refractivity contribution in [2.24, 2.45) is 0 Å². The maximum atomic E-state index is 14.5. The Balaban J connectivity index is 1.32. The van der Waals surface area contributed by atoms with Gasteiger partial charge in [-0.05, 0) is 48.5 Å². The first-order valence-corrected chi connectivity index (χ1v) is 19.0. The van der Waals surface area contributed by atoms with Crippen LogP contribution in [0.4, 0.5) is 0 Å². The van der Waals surface area contributed by atoms with Crippen molar-refractivity contribution in [3.63, 3.8) is 0 Å². The van der Waals surface area contributed by atoms with Gasteiger partial charge in [0.1, 0.15) is 12.7 Å². The van der Waals surface area contributed by atoms with Crippen LogP contribution in [0.25, 0.3) is 0 Å². The molecular formula is C41H30O27. The van der Waals surface area contributed by atoms with Crippen LogP contribution in [-0.4, -0.2) is 156 Å². The van der Waals surface area contributed by atoms with Crippen molar-refractivity contribution in [3.05, 3.63) is 81.9 Å². The molecule has 4 bridgehead atoms. The van der Waals surface area contributed by atoms with Crippen LogP contribution in [0.2, 0.25) is 0 Å². The summed E-state index contributed by atoms with van der Waals surface area (Å²) >= 11 is 0. The number of benzene rings is 4. The van der Waals surface area contributed by atoms with Crippen LogP contribution >= 0.6 is 0 Å². The van der Waals surface area contributed by atoms with Gasteiger partial charge in [0.15, 0.2) is 75.5 Å². The Bertz CT molecular complexity index is 2870. The van der Waals surface area contributed by atoms with Crippen LogP contribution in [0.15, 0.2) is 54.1 Å². The zero-order valence-electron chi connectivity index (χ0n) is 33.4. The monoisotopic (exact) mass is 954 g/mol. The number of ketones is 1. The summed E-state index contributed by atoms with van der Waals surface area (Å²) in [6.45, 7) is -1.27. The number of phenols is 11. The van der Waals surface area contributed by atoms with Gasteiger partial charge in [-0.2, -0.15) is 0 Å². The van der Waals surface area contributed by atoms with Gasteiger partial charge in [0.2, 0.25) is 23.9 Å². The normalized spacial score (nSPS) is 24.5. The average Bonchev–Trinajstić information content (AvgIpc) is 3.28. The molecule has 8 rings (SSSR count). The molecule has 0 amide bonds. The molecule has 3 aliphatic heterocycles. The smallest absolute Gasteiger partial charge is 0.340 e. The first kappa shape index (κ1) is 45.6. The highest BCUT2D eigenvalue weighted by Gasteiger charge is 2.70. The Morgan fingerprint density at radius 2 is 1.03 bits per heavy atom. The van der Waals surface area contributed by atoms with E-state index in [1.54, 1.807) is 0 Å². The summed E-state index contributed by atoms with van der Waals surface area (Å²) < 4.78 is 38.6. The molecule has 4 aromatic carbocycles. The first-order valence-electron chi connectivity index (χ1n) is 19.0. The summed E-state index contributed by atoms with van der Waals surface area (Å²) in [5.74, 6) is -34.3. The summed E-state index contributed by atoms with van der Waals surface area (Å²) in [6.07, 6.45) is -12.1. The fourth-order valence-corrected chi connectivity index (χ4v) is 7.59. The van der Waals surface area contributed by atoms with E-state index in [1.165, 1.54) is 0 Å². The van der Waals surface area contributed by atoms with Crippen LogP contribution in [0, 0.1) is 0 Å².